The highest BCUT2D eigenvalue weighted by molar-refractivity contribution is 5.93. The van der Waals surface area contributed by atoms with Crippen molar-refractivity contribution in [1.29, 1.82) is 0 Å². The van der Waals surface area contributed by atoms with Gasteiger partial charge in [0.1, 0.15) is 5.69 Å². The van der Waals surface area contributed by atoms with Crippen LogP contribution in [0.25, 0.3) is 0 Å². The van der Waals surface area contributed by atoms with E-state index in [9.17, 15) is 4.79 Å². The molecule has 0 radical (unpaired) electrons. The summed E-state index contributed by atoms with van der Waals surface area (Å²) in [5, 5.41) is 0. The quantitative estimate of drug-likeness (QED) is 0.861. The number of amides is 1. The van der Waals surface area contributed by atoms with Crippen LogP contribution in [0.5, 0.6) is 0 Å². The van der Waals surface area contributed by atoms with Crippen molar-refractivity contribution in [3.63, 3.8) is 0 Å². The molecule has 0 unspecified atom stereocenters. The molecule has 19 heavy (non-hydrogen) atoms. The predicted octanol–water partition coefficient (Wildman–Crippen LogP) is 0.974. The molecule has 2 saturated heterocycles. The van der Waals surface area contributed by atoms with Crippen molar-refractivity contribution in [2.24, 2.45) is 0 Å². The number of aromatic nitrogens is 1. The van der Waals surface area contributed by atoms with Gasteiger partial charge >= 0.3 is 0 Å². The first-order valence-corrected chi connectivity index (χ1v) is 6.99. The lowest BCUT2D eigenvalue weighted by Crippen LogP contribution is -2.61. The normalized spacial score (nSPS) is 21.2. The van der Waals surface area contributed by atoms with Crippen LogP contribution in [-0.4, -0.2) is 52.9 Å². The van der Waals surface area contributed by atoms with Crippen molar-refractivity contribution in [1.82, 2.24) is 14.8 Å². The third-order valence-electron chi connectivity index (χ3n) is 4.06. The molecule has 2 aliphatic heterocycles. The highest BCUT2D eigenvalue weighted by Crippen LogP contribution is 2.21. The third kappa shape index (κ3) is 2.56. The van der Waals surface area contributed by atoms with Gasteiger partial charge in [-0.05, 0) is 38.1 Å². The average Bonchev–Trinajstić information content (AvgIpc) is 2.38. The van der Waals surface area contributed by atoms with Gasteiger partial charge in [-0.25, -0.2) is 0 Å². The molecular weight excluding hydrogens is 240 g/mol. The molecule has 5 nitrogen and oxygen atoms in total. The number of carbonyl (C=O) groups excluding carboxylic acids is 1. The van der Waals surface area contributed by atoms with E-state index in [1.165, 1.54) is 32.4 Å². The minimum absolute atomic E-state index is 0.000518. The molecular formula is C14H20N4O. The van der Waals surface area contributed by atoms with Gasteiger partial charge in [-0.15, -0.1) is 0 Å². The van der Waals surface area contributed by atoms with Crippen LogP contribution in [0.4, 0.5) is 5.69 Å². The standard InChI is InChI=1S/C14H20N4O/c15-11-4-5-16-13(8-11)14(19)18-9-12(10-18)17-6-2-1-3-7-17/h4-5,8,12H,1-3,6-7,9-10H2,(H2,15,16). The summed E-state index contributed by atoms with van der Waals surface area (Å²) in [5.74, 6) is 0.000518. The molecule has 2 aliphatic rings. The van der Waals surface area contributed by atoms with Gasteiger partial charge in [0.2, 0.25) is 0 Å². The molecule has 1 aromatic heterocycles. The lowest BCUT2D eigenvalue weighted by molar-refractivity contribution is 0.0199. The predicted molar refractivity (Wildman–Crippen MR) is 73.8 cm³/mol. The fraction of sp³-hybridized carbons (Fsp3) is 0.571. The van der Waals surface area contributed by atoms with E-state index >= 15 is 0 Å². The van der Waals surface area contributed by atoms with Gasteiger partial charge in [0.05, 0.1) is 0 Å². The summed E-state index contributed by atoms with van der Waals surface area (Å²) in [6.07, 6.45) is 5.52. The number of hydrogen-bond acceptors (Lipinski definition) is 4. The fourth-order valence-electron chi connectivity index (χ4n) is 2.86. The van der Waals surface area contributed by atoms with Crippen molar-refractivity contribution in [3.8, 4) is 0 Å². The first-order valence-electron chi connectivity index (χ1n) is 6.99. The highest BCUT2D eigenvalue weighted by atomic mass is 16.2. The molecule has 0 saturated carbocycles. The van der Waals surface area contributed by atoms with Gasteiger partial charge in [0.25, 0.3) is 5.91 Å². The van der Waals surface area contributed by atoms with Crippen molar-refractivity contribution < 1.29 is 4.79 Å². The van der Waals surface area contributed by atoms with Crippen LogP contribution in [0.1, 0.15) is 29.8 Å². The van der Waals surface area contributed by atoms with Crippen molar-refractivity contribution in [2.75, 3.05) is 31.9 Å². The van der Waals surface area contributed by atoms with Crippen molar-refractivity contribution in [3.05, 3.63) is 24.0 Å². The number of likely N-dealkylation sites (tertiary alicyclic amines) is 2. The van der Waals surface area contributed by atoms with Crippen LogP contribution >= 0.6 is 0 Å². The highest BCUT2D eigenvalue weighted by Gasteiger charge is 2.35. The second kappa shape index (κ2) is 5.17. The number of piperidine rings is 1. The molecule has 5 heteroatoms. The molecule has 102 valence electrons. The van der Waals surface area contributed by atoms with Crippen molar-refractivity contribution in [2.45, 2.75) is 25.3 Å². The van der Waals surface area contributed by atoms with E-state index in [1.807, 2.05) is 4.90 Å². The molecule has 1 aromatic rings. The Labute approximate surface area is 113 Å². The fourth-order valence-corrected chi connectivity index (χ4v) is 2.86. The second-order valence-corrected chi connectivity index (χ2v) is 5.44. The zero-order valence-corrected chi connectivity index (χ0v) is 11.1. The van der Waals surface area contributed by atoms with E-state index in [1.54, 1.807) is 18.3 Å². The number of carbonyl (C=O) groups is 1. The van der Waals surface area contributed by atoms with Crippen LogP contribution in [0.2, 0.25) is 0 Å². The van der Waals surface area contributed by atoms with E-state index in [4.69, 9.17) is 5.73 Å². The second-order valence-electron chi connectivity index (χ2n) is 5.44. The minimum atomic E-state index is 0.000518. The monoisotopic (exact) mass is 260 g/mol. The van der Waals surface area contributed by atoms with Crippen LogP contribution < -0.4 is 5.73 Å². The van der Waals surface area contributed by atoms with Crippen LogP contribution in [-0.2, 0) is 0 Å². The Morgan fingerprint density at radius 1 is 1.26 bits per heavy atom. The molecule has 2 fully saturated rings. The Bertz CT molecular complexity index is 464. The molecule has 0 spiro atoms. The summed E-state index contributed by atoms with van der Waals surface area (Å²) in [4.78, 5) is 20.7. The zero-order chi connectivity index (χ0) is 13.2. The van der Waals surface area contributed by atoms with Gasteiger partial charge in [-0.2, -0.15) is 0 Å². The van der Waals surface area contributed by atoms with Gasteiger partial charge < -0.3 is 10.6 Å². The van der Waals surface area contributed by atoms with Crippen molar-refractivity contribution >= 4 is 11.6 Å². The summed E-state index contributed by atoms with van der Waals surface area (Å²) in [6.45, 7) is 4.02. The minimum Gasteiger partial charge on any atom is -0.399 e. The van der Waals surface area contributed by atoms with E-state index in [0.29, 0.717) is 17.4 Å². The Balaban J connectivity index is 1.56. The molecule has 1 amide bonds. The van der Waals surface area contributed by atoms with Crippen LogP contribution in [0.15, 0.2) is 18.3 Å². The topological polar surface area (TPSA) is 62.5 Å². The summed E-state index contributed by atoms with van der Waals surface area (Å²) in [7, 11) is 0. The number of nitrogens with zero attached hydrogens (tertiary/aromatic N) is 3. The number of pyridine rings is 1. The van der Waals surface area contributed by atoms with E-state index in [-0.39, 0.29) is 5.91 Å². The lowest BCUT2D eigenvalue weighted by atomic mass is 10.0. The molecule has 0 aromatic carbocycles. The maximum Gasteiger partial charge on any atom is 0.272 e. The van der Waals surface area contributed by atoms with Gasteiger partial charge in [-0.3, -0.25) is 14.7 Å². The van der Waals surface area contributed by atoms with E-state index < -0.39 is 0 Å². The number of hydrogen-bond donors (Lipinski definition) is 1. The Morgan fingerprint density at radius 3 is 2.68 bits per heavy atom. The van der Waals surface area contributed by atoms with Crippen LogP contribution in [0.3, 0.4) is 0 Å². The molecule has 0 atom stereocenters. The summed E-state index contributed by atoms with van der Waals surface area (Å²) in [5.41, 5.74) is 6.73. The first kappa shape index (κ1) is 12.4. The molecule has 2 N–H and O–H groups in total. The van der Waals surface area contributed by atoms with Crippen LogP contribution in [0, 0.1) is 0 Å². The lowest BCUT2D eigenvalue weighted by Gasteiger charge is -2.46. The summed E-state index contributed by atoms with van der Waals surface area (Å²) < 4.78 is 0. The Hall–Kier alpha value is -1.62. The number of anilines is 1. The summed E-state index contributed by atoms with van der Waals surface area (Å²) >= 11 is 0. The first-order chi connectivity index (χ1) is 9.24. The smallest absolute Gasteiger partial charge is 0.272 e. The number of nitrogen functional groups attached to an aromatic ring is 1. The number of nitrogens with two attached hydrogens (primary N) is 1. The largest absolute Gasteiger partial charge is 0.399 e. The maximum atomic E-state index is 12.2. The van der Waals surface area contributed by atoms with E-state index in [2.05, 4.69) is 9.88 Å². The Kier molecular flexibility index (Phi) is 3.38. The maximum absolute atomic E-state index is 12.2. The molecule has 0 bridgehead atoms. The van der Waals surface area contributed by atoms with E-state index in [0.717, 1.165) is 13.1 Å². The van der Waals surface area contributed by atoms with Gasteiger partial charge in [0.15, 0.2) is 0 Å². The summed E-state index contributed by atoms with van der Waals surface area (Å²) in [6, 6.07) is 3.89. The third-order valence-corrected chi connectivity index (χ3v) is 4.06. The SMILES string of the molecule is Nc1ccnc(C(=O)N2CC(N3CCCCC3)C2)c1. The average molecular weight is 260 g/mol. The molecule has 0 aliphatic carbocycles. The van der Waals surface area contributed by atoms with Gasteiger partial charge in [0, 0.05) is 31.0 Å². The number of rotatable bonds is 2. The molecule has 3 heterocycles. The van der Waals surface area contributed by atoms with Gasteiger partial charge in [-0.1, -0.05) is 6.42 Å². The molecule has 3 rings (SSSR count). The zero-order valence-electron chi connectivity index (χ0n) is 11.1. The Morgan fingerprint density at radius 2 is 2.00 bits per heavy atom.